The van der Waals surface area contributed by atoms with Crippen molar-refractivity contribution >= 4 is 0 Å². The van der Waals surface area contributed by atoms with E-state index in [0.717, 1.165) is 17.8 Å². The van der Waals surface area contributed by atoms with Gasteiger partial charge in [-0.3, -0.25) is 0 Å². The van der Waals surface area contributed by atoms with Crippen LogP contribution < -0.4 is 5.32 Å². The lowest BCUT2D eigenvalue weighted by atomic mass is 9.78. The highest BCUT2D eigenvalue weighted by Gasteiger charge is 2.21. The lowest BCUT2D eigenvalue weighted by molar-refractivity contribution is 0.231. The van der Waals surface area contributed by atoms with Gasteiger partial charge in [0.2, 0.25) is 0 Å². The van der Waals surface area contributed by atoms with Crippen LogP contribution in [-0.2, 0) is 0 Å². The summed E-state index contributed by atoms with van der Waals surface area (Å²) in [6, 6.07) is 0. The Labute approximate surface area is 96.0 Å². The van der Waals surface area contributed by atoms with Gasteiger partial charge in [-0.05, 0) is 56.5 Å². The van der Waals surface area contributed by atoms with Crippen LogP contribution in [0.3, 0.4) is 0 Å². The van der Waals surface area contributed by atoms with Crippen LogP contribution in [0, 0.1) is 17.8 Å². The van der Waals surface area contributed by atoms with E-state index in [0.29, 0.717) is 0 Å². The van der Waals surface area contributed by atoms with Gasteiger partial charge in [-0.15, -0.1) is 0 Å². The molecule has 1 nitrogen and oxygen atoms in total. The van der Waals surface area contributed by atoms with Crippen molar-refractivity contribution in [3.63, 3.8) is 0 Å². The molecule has 1 rings (SSSR count). The molecule has 0 heterocycles. The summed E-state index contributed by atoms with van der Waals surface area (Å²) in [5.74, 6) is 2.87. The second-order valence-corrected chi connectivity index (χ2v) is 5.73. The molecule has 1 fully saturated rings. The molecule has 2 unspecified atom stereocenters. The first-order valence-electron chi connectivity index (χ1n) is 6.93. The van der Waals surface area contributed by atoms with Crippen molar-refractivity contribution in [1.82, 2.24) is 5.32 Å². The van der Waals surface area contributed by atoms with E-state index in [1.807, 2.05) is 0 Å². The first-order valence-corrected chi connectivity index (χ1v) is 6.93. The molecule has 1 saturated carbocycles. The number of hydrogen-bond donors (Lipinski definition) is 1. The van der Waals surface area contributed by atoms with Crippen molar-refractivity contribution in [2.75, 3.05) is 13.1 Å². The van der Waals surface area contributed by atoms with Crippen molar-refractivity contribution in [3.05, 3.63) is 0 Å². The number of nitrogens with one attached hydrogen (secondary N) is 1. The molecule has 15 heavy (non-hydrogen) atoms. The first kappa shape index (κ1) is 13.0. The van der Waals surface area contributed by atoms with E-state index in [1.54, 1.807) is 0 Å². The zero-order valence-corrected chi connectivity index (χ0v) is 10.9. The van der Waals surface area contributed by atoms with Crippen LogP contribution in [0.15, 0.2) is 0 Å². The predicted octanol–water partition coefficient (Wildman–Crippen LogP) is 3.84. The van der Waals surface area contributed by atoms with Crippen molar-refractivity contribution in [2.45, 2.75) is 59.3 Å². The molecule has 1 heteroatoms. The van der Waals surface area contributed by atoms with Crippen molar-refractivity contribution in [1.29, 1.82) is 0 Å². The zero-order valence-electron chi connectivity index (χ0n) is 10.9. The van der Waals surface area contributed by atoms with Crippen LogP contribution in [0.4, 0.5) is 0 Å². The van der Waals surface area contributed by atoms with Crippen LogP contribution >= 0.6 is 0 Å². The minimum absolute atomic E-state index is 0.886. The molecule has 90 valence electrons. The Morgan fingerprint density at radius 1 is 1.20 bits per heavy atom. The molecule has 0 radical (unpaired) electrons. The Hall–Kier alpha value is -0.0400. The Bertz CT molecular complexity index is 153. The standard InChI is InChI=1S/C14H29N/c1-4-8-15-11-14-7-5-6-13(10-14)9-12(2)3/h12-15H,4-11H2,1-3H3. The largest absolute Gasteiger partial charge is 0.316 e. The van der Waals surface area contributed by atoms with E-state index in [1.165, 1.54) is 51.6 Å². The zero-order chi connectivity index (χ0) is 11.1. The molecular formula is C14H29N. The number of rotatable bonds is 6. The maximum Gasteiger partial charge on any atom is -0.00204 e. The maximum absolute atomic E-state index is 3.58. The smallest absolute Gasteiger partial charge is 0.00204 e. The summed E-state index contributed by atoms with van der Waals surface area (Å²) >= 11 is 0. The second kappa shape index (κ2) is 7.27. The topological polar surface area (TPSA) is 12.0 Å². The van der Waals surface area contributed by atoms with Crippen LogP contribution in [0.2, 0.25) is 0 Å². The molecule has 1 N–H and O–H groups in total. The first-order chi connectivity index (χ1) is 7.22. The van der Waals surface area contributed by atoms with Crippen molar-refractivity contribution in [2.24, 2.45) is 17.8 Å². The van der Waals surface area contributed by atoms with Crippen molar-refractivity contribution in [3.8, 4) is 0 Å². The fourth-order valence-electron chi connectivity index (χ4n) is 2.95. The fraction of sp³-hybridized carbons (Fsp3) is 1.00. The van der Waals surface area contributed by atoms with E-state index in [9.17, 15) is 0 Å². The van der Waals surface area contributed by atoms with E-state index in [-0.39, 0.29) is 0 Å². The van der Waals surface area contributed by atoms with E-state index in [2.05, 4.69) is 26.1 Å². The average molecular weight is 211 g/mol. The van der Waals surface area contributed by atoms with E-state index < -0.39 is 0 Å². The summed E-state index contributed by atoms with van der Waals surface area (Å²) < 4.78 is 0. The highest BCUT2D eigenvalue weighted by atomic mass is 14.8. The average Bonchev–Trinajstić information content (AvgIpc) is 2.18. The molecule has 0 aromatic carbocycles. The minimum atomic E-state index is 0.886. The summed E-state index contributed by atoms with van der Waals surface area (Å²) in [6.45, 7) is 9.43. The quantitative estimate of drug-likeness (QED) is 0.658. The lowest BCUT2D eigenvalue weighted by Gasteiger charge is -2.30. The molecule has 0 aromatic rings. The van der Waals surface area contributed by atoms with Crippen LogP contribution in [0.1, 0.15) is 59.3 Å². The maximum atomic E-state index is 3.58. The summed E-state index contributed by atoms with van der Waals surface area (Å²) in [5.41, 5.74) is 0. The summed E-state index contributed by atoms with van der Waals surface area (Å²) in [6.07, 6.45) is 8.62. The molecule has 0 spiro atoms. The Balaban J connectivity index is 2.17. The summed E-state index contributed by atoms with van der Waals surface area (Å²) in [7, 11) is 0. The van der Waals surface area contributed by atoms with Gasteiger partial charge in [-0.2, -0.15) is 0 Å². The molecule has 1 aliphatic carbocycles. The van der Waals surface area contributed by atoms with Gasteiger partial charge in [0, 0.05) is 0 Å². The van der Waals surface area contributed by atoms with Crippen LogP contribution in [-0.4, -0.2) is 13.1 Å². The molecule has 0 aromatic heterocycles. The highest BCUT2D eigenvalue weighted by Crippen LogP contribution is 2.32. The van der Waals surface area contributed by atoms with Gasteiger partial charge in [0.25, 0.3) is 0 Å². The summed E-state index contributed by atoms with van der Waals surface area (Å²) in [5, 5.41) is 3.58. The molecule has 0 aliphatic heterocycles. The van der Waals surface area contributed by atoms with Gasteiger partial charge in [0.05, 0.1) is 0 Å². The van der Waals surface area contributed by atoms with Crippen molar-refractivity contribution < 1.29 is 0 Å². The van der Waals surface area contributed by atoms with E-state index >= 15 is 0 Å². The van der Waals surface area contributed by atoms with Gasteiger partial charge < -0.3 is 5.32 Å². The van der Waals surface area contributed by atoms with Crippen LogP contribution in [0.25, 0.3) is 0 Å². The third-order valence-corrected chi connectivity index (χ3v) is 3.56. The Morgan fingerprint density at radius 2 is 1.93 bits per heavy atom. The molecule has 0 saturated heterocycles. The monoisotopic (exact) mass is 211 g/mol. The highest BCUT2D eigenvalue weighted by molar-refractivity contribution is 4.75. The third-order valence-electron chi connectivity index (χ3n) is 3.56. The lowest BCUT2D eigenvalue weighted by Crippen LogP contribution is -2.28. The summed E-state index contributed by atoms with van der Waals surface area (Å²) in [4.78, 5) is 0. The van der Waals surface area contributed by atoms with Gasteiger partial charge >= 0.3 is 0 Å². The second-order valence-electron chi connectivity index (χ2n) is 5.73. The predicted molar refractivity (Wildman–Crippen MR) is 68.1 cm³/mol. The Kier molecular flexibility index (Phi) is 6.31. The molecule has 1 aliphatic rings. The Morgan fingerprint density at radius 3 is 2.60 bits per heavy atom. The van der Waals surface area contributed by atoms with Gasteiger partial charge in [-0.1, -0.05) is 33.6 Å². The fourth-order valence-corrected chi connectivity index (χ4v) is 2.95. The van der Waals surface area contributed by atoms with Crippen LogP contribution in [0.5, 0.6) is 0 Å². The van der Waals surface area contributed by atoms with E-state index in [4.69, 9.17) is 0 Å². The molecule has 0 amide bonds. The molecule has 2 atom stereocenters. The number of hydrogen-bond acceptors (Lipinski definition) is 1. The third kappa shape index (κ3) is 5.55. The molecule has 0 bridgehead atoms. The SMILES string of the molecule is CCCNCC1CCCC(CC(C)C)C1. The van der Waals surface area contributed by atoms with Gasteiger partial charge in [0.1, 0.15) is 0 Å². The normalized spacial score (nSPS) is 27.2. The van der Waals surface area contributed by atoms with Gasteiger partial charge in [0.15, 0.2) is 0 Å². The molecular weight excluding hydrogens is 182 g/mol. The van der Waals surface area contributed by atoms with Gasteiger partial charge in [-0.25, -0.2) is 0 Å². The minimum Gasteiger partial charge on any atom is -0.316 e.